The highest BCUT2D eigenvalue weighted by molar-refractivity contribution is 5.70. The number of hydrogen-bond donors (Lipinski definition) is 1. The molecule has 0 spiro atoms. The quantitative estimate of drug-likeness (QED) is 0.776. The summed E-state index contributed by atoms with van der Waals surface area (Å²) in [6.07, 6.45) is 9.53. The first-order valence-electron chi connectivity index (χ1n) is 8.08. The van der Waals surface area contributed by atoms with Crippen LogP contribution in [0.5, 0.6) is 0 Å². The zero-order chi connectivity index (χ0) is 13.8. The van der Waals surface area contributed by atoms with E-state index in [0.29, 0.717) is 5.92 Å². The predicted octanol–water partition coefficient (Wildman–Crippen LogP) is 3.39. The molecule has 0 amide bonds. The molecule has 1 heterocycles. The third-order valence-electron chi connectivity index (χ3n) is 5.31. The Balaban J connectivity index is 1.74. The van der Waals surface area contributed by atoms with Crippen molar-refractivity contribution in [1.29, 1.82) is 0 Å². The van der Waals surface area contributed by atoms with Gasteiger partial charge in [-0.05, 0) is 31.1 Å². The lowest BCUT2D eigenvalue weighted by atomic mass is 9.85. The van der Waals surface area contributed by atoms with Crippen molar-refractivity contribution in [2.24, 2.45) is 17.8 Å². The molecule has 0 bridgehead atoms. The molecule has 1 saturated carbocycles. The van der Waals surface area contributed by atoms with Crippen LogP contribution < -0.4 is 0 Å². The van der Waals surface area contributed by atoms with Gasteiger partial charge >= 0.3 is 5.97 Å². The van der Waals surface area contributed by atoms with E-state index in [-0.39, 0.29) is 5.92 Å². The van der Waals surface area contributed by atoms with Crippen molar-refractivity contribution >= 4 is 5.97 Å². The van der Waals surface area contributed by atoms with Crippen molar-refractivity contribution < 1.29 is 9.90 Å². The smallest absolute Gasteiger partial charge is 0.306 e. The van der Waals surface area contributed by atoms with Crippen LogP contribution in [0.15, 0.2) is 0 Å². The molecule has 1 N–H and O–H groups in total. The highest BCUT2D eigenvalue weighted by Crippen LogP contribution is 2.34. The van der Waals surface area contributed by atoms with Gasteiger partial charge in [-0.1, -0.05) is 39.5 Å². The Morgan fingerprint density at radius 1 is 1.26 bits per heavy atom. The van der Waals surface area contributed by atoms with E-state index in [1.54, 1.807) is 0 Å². The van der Waals surface area contributed by atoms with E-state index in [4.69, 9.17) is 5.11 Å². The Labute approximate surface area is 117 Å². The molecule has 110 valence electrons. The van der Waals surface area contributed by atoms with Crippen LogP contribution in [0.25, 0.3) is 0 Å². The largest absolute Gasteiger partial charge is 0.481 e. The second-order valence-electron chi connectivity index (χ2n) is 6.66. The lowest BCUT2D eigenvalue weighted by Gasteiger charge is -2.46. The van der Waals surface area contributed by atoms with Crippen LogP contribution >= 0.6 is 0 Å². The molecular formula is C16H29NO2. The molecule has 2 fully saturated rings. The van der Waals surface area contributed by atoms with Gasteiger partial charge in [0.25, 0.3) is 0 Å². The van der Waals surface area contributed by atoms with Crippen molar-refractivity contribution in [3.05, 3.63) is 0 Å². The molecule has 3 unspecified atom stereocenters. The second kappa shape index (κ2) is 6.74. The van der Waals surface area contributed by atoms with Gasteiger partial charge in [0.15, 0.2) is 0 Å². The number of carboxylic acids is 1. The van der Waals surface area contributed by atoms with E-state index in [2.05, 4.69) is 11.8 Å². The summed E-state index contributed by atoms with van der Waals surface area (Å²) in [7, 11) is 0. The van der Waals surface area contributed by atoms with Crippen molar-refractivity contribution in [2.45, 2.75) is 64.8 Å². The lowest BCUT2D eigenvalue weighted by Crippen LogP contribution is -2.55. The van der Waals surface area contributed by atoms with E-state index < -0.39 is 5.97 Å². The first-order chi connectivity index (χ1) is 9.11. The third kappa shape index (κ3) is 3.71. The zero-order valence-corrected chi connectivity index (χ0v) is 12.5. The van der Waals surface area contributed by atoms with Crippen molar-refractivity contribution in [2.75, 3.05) is 13.1 Å². The fourth-order valence-corrected chi connectivity index (χ4v) is 3.79. The SMILES string of the molecule is CCCC1CCCC(N2CC(C(C)C(=O)O)C2)CC1. The van der Waals surface area contributed by atoms with Gasteiger partial charge in [0.2, 0.25) is 0 Å². The van der Waals surface area contributed by atoms with E-state index in [9.17, 15) is 4.79 Å². The summed E-state index contributed by atoms with van der Waals surface area (Å²) in [6, 6.07) is 0.735. The monoisotopic (exact) mass is 267 g/mol. The van der Waals surface area contributed by atoms with E-state index in [0.717, 1.165) is 25.0 Å². The summed E-state index contributed by atoms with van der Waals surface area (Å²) in [5.41, 5.74) is 0. The van der Waals surface area contributed by atoms with Crippen LogP contribution in [0.2, 0.25) is 0 Å². The van der Waals surface area contributed by atoms with E-state index >= 15 is 0 Å². The Morgan fingerprint density at radius 2 is 2.00 bits per heavy atom. The Morgan fingerprint density at radius 3 is 2.63 bits per heavy atom. The van der Waals surface area contributed by atoms with Crippen molar-refractivity contribution in [3.8, 4) is 0 Å². The molecule has 19 heavy (non-hydrogen) atoms. The minimum absolute atomic E-state index is 0.171. The maximum atomic E-state index is 11.0. The summed E-state index contributed by atoms with van der Waals surface area (Å²) in [6.45, 7) is 6.16. The molecule has 2 rings (SSSR count). The molecule has 2 aliphatic rings. The summed E-state index contributed by atoms with van der Waals surface area (Å²) in [4.78, 5) is 13.5. The minimum atomic E-state index is -0.631. The van der Waals surface area contributed by atoms with Crippen LogP contribution in [0.3, 0.4) is 0 Å². The molecule has 1 aliphatic carbocycles. The molecule has 0 radical (unpaired) electrons. The maximum absolute atomic E-state index is 11.0. The fourth-order valence-electron chi connectivity index (χ4n) is 3.79. The average molecular weight is 267 g/mol. The zero-order valence-electron chi connectivity index (χ0n) is 12.5. The van der Waals surface area contributed by atoms with Gasteiger partial charge in [0.05, 0.1) is 5.92 Å². The van der Waals surface area contributed by atoms with Crippen LogP contribution in [0, 0.1) is 17.8 Å². The lowest BCUT2D eigenvalue weighted by molar-refractivity contribution is -0.146. The molecule has 0 aromatic heterocycles. The van der Waals surface area contributed by atoms with Crippen LogP contribution in [-0.2, 0) is 4.79 Å². The third-order valence-corrected chi connectivity index (χ3v) is 5.31. The van der Waals surface area contributed by atoms with Gasteiger partial charge in [-0.3, -0.25) is 9.69 Å². The normalized spacial score (nSPS) is 31.5. The number of likely N-dealkylation sites (tertiary alicyclic amines) is 1. The van der Waals surface area contributed by atoms with Crippen LogP contribution in [0.1, 0.15) is 58.8 Å². The number of carbonyl (C=O) groups is 1. The standard InChI is InChI=1S/C16H29NO2/c1-3-5-13-6-4-7-15(9-8-13)17-10-14(11-17)12(2)16(18)19/h12-15H,3-11H2,1-2H3,(H,18,19). The Hall–Kier alpha value is -0.570. The van der Waals surface area contributed by atoms with E-state index in [1.165, 1.54) is 44.9 Å². The highest BCUT2D eigenvalue weighted by atomic mass is 16.4. The van der Waals surface area contributed by atoms with Gasteiger partial charge in [0, 0.05) is 19.1 Å². The van der Waals surface area contributed by atoms with Crippen LogP contribution in [0.4, 0.5) is 0 Å². The molecule has 1 saturated heterocycles. The molecular weight excluding hydrogens is 238 g/mol. The number of hydrogen-bond acceptors (Lipinski definition) is 2. The Kier molecular flexibility index (Phi) is 5.26. The Bertz CT molecular complexity index is 299. The highest BCUT2D eigenvalue weighted by Gasteiger charge is 2.38. The first-order valence-corrected chi connectivity index (χ1v) is 8.08. The number of nitrogens with zero attached hydrogens (tertiary/aromatic N) is 1. The van der Waals surface area contributed by atoms with Gasteiger partial charge in [-0.15, -0.1) is 0 Å². The van der Waals surface area contributed by atoms with Gasteiger partial charge in [0.1, 0.15) is 0 Å². The van der Waals surface area contributed by atoms with Crippen molar-refractivity contribution in [1.82, 2.24) is 4.90 Å². The number of carboxylic acid groups (broad SMARTS) is 1. The molecule has 0 aromatic rings. The fraction of sp³-hybridized carbons (Fsp3) is 0.938. The maximum Gasteiger partial charge on any atom is 0.306 e. The molecule has 0 aromatic carbocycles. The topological polar surface area (TPSA) is 40.5 Å². The van der Waals surface area contributed by atoms with Crippen LogP contribution in [-0.4, -0.2) is 35.1 Å². The minimum Gasteiger partial charge on any atom is -0.481 e. The first kappa shape index (κ1) is 14.8. The number of rotatable bonds is 5. The molecule has 1 aliphatic heterocycles. The predicted molar refractivity (Wildman–Crippen MR) is 77.1 cm³/mol. The molecule has 3 nitrogen and oxygen atoms in total. The van der Waals surface area contributed by atoms with Gasteiger partial charge < -0.3 is 5.11 Å². The second-order valence-corrected chi connectivity index (χ2v) is 6.66. The molecule has 3 atom stereocenters. The average Bonchev–Trinajstić information content (AvgIpc) is 2.54. The van der Waals surface area contributed by atoms with Gasteiger partial charge in [-0.2, -0.15) is 0 Å². The van der Waals surface area contributed by atoms with E-state index in [1.807, 2.05) is 6.92 Å². The summed E-state index contributed by atoms with van der Waals surface area (Å²) in [5.74, 6) is 0.528. The summed E-state index contributed by atoms with van der Waals surface area (Å²) in [5, 5.41) is 9.03. The van der Waals surface area contributed by atoms with Crippen molar-refractivity contribution in [3.63, 3.8) is 0 Å². The summed E-state index contributed by atoms with van der Waals surface area (Å²) >= 11 is 0. The molecule has 3 heteroatoms. The summed E-state index contributed by atoms with van der Waals surface area (Å²) < 4.78 is 0. The number of aliphatic carboxylic acids is 1. The van der Waals surface area contributed by atoms with Gasteiger partial charge in [-0.25, -0.2) is 0 Å².